The molecule has 17 heavy (non-hydrogen) atoms. The minimum atomic E-state index is 0. The minimum absolute atomic E-state index is 0. The Labute approximate surface area is 116 Å². The molecule has 0 radical (unpaired) electrons. The molecule has 0 aromatic heterocycles. The molecule has 1 atom stereocenters. The van der Waals surface area contributed by atoms with Gasteiger partial charge in [-0.2, -0.15) is 0 Å². The van der Waals surface area contributed by atoms with Crippen LogP contribution in [-0.4, -0.2) is 49.6 Å². The molecule has 0 saturated carbocycles. The Balaban J connectivity index is 0.00000128. The Morgan fingerprint density at radius 2 is 1.94 bits per heavy atom. The van der Waals surface area contributed by atoms with E-state index in [4.69, 9.17) is 0 Å². The number of halogens is 2. The maximum Gasteiger partial charge on any atom is 0.237 e. The van der Waals surface area contributed by atoms with Crippen LogP contribution in [0.4, 0.5) is 0 Å². The van der Waals surface area contributed by atoms with E-state index in [-0.39, 0.29) is 36.8 Å². The van der Waals surface area contributed by atoms with Crippen LogP contribution < -0.4 is 10.6 Å². The van der Waals surface area contributed by atoms with E-state index in [2.05, 4.69) is 15.5 Å². The highest BCUT2D eigenvalue weighted by atomic mass is 35.5. The van der Waals surface area contributed by atoms with Crippen LogP contribution in [0.1, 0.15) is 25.7 Å². The first-order chi connectivity index (χ1) is 7.36. The summed E-state index contributed by atoms with van der Waals surface area (Å²) in [5, 5.41) is 6.22. The first kappa shape index (κ1) is 17.0. The zero-order chi connectivity index (χ0) is 10.5. The van der Waals surface area contributed by atoms with Gasteiger partial charge in [-0.15, -0.1) is 24.8 Å². The number of carbonyl (C=O) groups is 1. The van der Waals surface area contributed by atoms with E-state index in [0.29, 0.717) is 0 Å². The summed E-state index contributed by atoms with van der Waals surface area (Å²) in [5.74, 6) is 0.187. The summed E-state index contributed by atoms with van der Waals surface area (Å²) in [6, 6.07) is 0.0728. The maximum absolute atomic E-state index is 11.6. The Morgan fingerprint density at radius 1 is 1.24 bits per heavy atom. The molecule has 0 spiro atoms. The van der Waals surface area contributed by atoms with Crippen molar-refractivity contribution in [1.29, 1.82) is 0 Å². The molecule has 1 amide bonds. The third kappa shape index (κ3) is 5.42. The average molecular weight is 284 g/mol. The van der Waals surface area contributed by atoms with E-state index in [1.165, 1.54) is 25.9 Å². The summed E-state index contributed by atoms with van der Waals surface area (Å²) in [7, 11) is 0. The highest BCUT2D eigenvalue weighted by Gasteiger charge is 2.21. The number of hydrogen-bond acceptors (Lipinski definition) is 3. The van der Waals surface area contributed by atoms with Gasteiger partial charge in [-0.05, 0) is 45.3 Å². The van der Waals surface area contributed by atoms with Crippen LogP contribution in [0.15, 0.2) is 0 Å². The second-order valence-corrected chi connectivity index (χ2v) is 4.49. The summed E-state index contributed by atoms with van der Waals surface area (Å²) in [4.78, 5) is 14.0. The quantitative estimate of drug-likeness (QED) is 0.802. The zero-order valence-corrected chi connectivity index (χ0v) is 11.7. The van der Waals surface area contributed by atoms with Crippen LogP contribution >= 0.6 is 24.8 Å². The van der Waals surface area contributed by atoms with Gasteiger partial charge in [0, 0.05) is 13.1 Å². The largest absolute Gasteiger partial charge is 0.353 e. The van der Waals surface area contributed by atoms with Gasteiger partial charge in [0.25, 0.3) is 0 Å². The molecule has 6 heteroatoms. The lowest BCUT2D eigenvalue weighted by Gasteiger charge is -2.16. The standard InChI is InChI=1S/C11H21N3O.2ClH/c15-11(10-4-3-5-12-10)13-6-9-14-7-1-2-8-14;;/h10,12H,1-9H2,(H,13,15);2*1H. The molecule has 0 aromatic carbocycles. The second-order valence-electron chi connectivity index (χ2n) is 4.49. The molecule has 2 aliphatic rings. The monoisotopic (exact) mass is 283 g/mol. The number of nitrogens with one attached hydrogen (secondary N) is 2. The Hall–Kier alpha value is -0.0300. The van der Waals surface area contributed by atoms with Crippen molar-refractivity contribution < 1.29 is 4.79 Å². The molecule has 2 N–H and O–H groups in total. The number of hydrogen-bond donors (Lipinski definition) is 2. The van der Waals surface area contributed by atoms with E-state index in [0.717, 1.165) is 32.5 Å². The number of likely N-dealkylation sites (tertiary alicyclic amines) is 1. The van der Waals surface area contributed by atoms with E-state index >= 15 is 0 Å². The lowest BCUT2D eigenvalue weighted by Crippen LogP contribution is -2.43. The summed E-state index contributed by atoms with van der Waals surface area (Å²) in [5.41, 5.74) is 0. The van der Waals surface area contributed by atoms with Crippen molar-refractivity contribution in [2.45, 2.75) is 31.7 Å². The Morgan fingerprint density at radius 3 is 2.53 bits per heavy atom. The van der Waals surface area contributed by atoms with Crippen LogP contribution in [0.3, 0.4) is 0 Å². The van der Waals surface area contributed by atoms with E-state index in [1.807, 2.05) is 0 Å². The second kappa shape index (κ2) is 8.97. The van der Waals surface area contributed by atoms with Crippen LogP contribution in [-0.2, 0) is 4.79 Å². The van der Waals surface area contributed by atoms with Crippen LogP contribution in [0.25, 0.3) is 0 Å². The van der Waals surface area contributed by atoms with Crippen LogP contribution in [0.2, 0.25) is 0 Å². The summed E-state index contributed by atoms with van der Waals surface area (Å²) in [6.07, 6.45) is 4.76. The summed E-state index contributed by atoms with van der Waals surface area (Å²) >= 11 is 0. The molecule has 2 rings (SSSR count). The van der Waals surface area contributed by atoms with Crippen molar-refractivity contribution in [1.82, 2.24) is 15.5 Å². The van der Waals surface area contributed by atoms with Gasteiger partial charge in [0.2, 0.25) is 5.91 Å². The van der Waals surface area contributed by atoms with E-state index in [1.54, 1.807) is 0 Å². The normalized spacial score (nSPS) is 23.9. The highest BCUT2D eigenvalue weighted by Crippen LogP contribution is 2.06. The molecule has 0 bridgehead atoms. The van der Waals surface area contributed by atoms with Crippen LogP contribution in [0.5, 0.6) is 0 Å². The van der Waals surface area contributed by atoms with Crippen molar-refractivity contribution in [3.05, 3.63) is 0 Å². The molecule has 2 fully saturated rings. The van der Waals surface area contributed by atoms with Gasteiger partial charge in [-0.25, -0.2) is 0 Å². The molecule has 0 aromatic rings. The Bertz CT molecular complexity index is 217. The summed E-state index contributed by atoms with van der Waals surface area (Å²) < 4.78 is 0. The molecular formula is C11H23Cl2N3O. The van der Waals surface area contributed by atoms with Gasteiger partial charge >= 0.3 is 0 Å². The first-order valence-corrected chi connectivity index (χ1v) is 6.10. The summed E-state index contributed by atoms with van der Waals surface area (Å²) in [6.45, 7) is 5.22. The molecule has 2 aliphatic heterocycles. The number of nitrogens with zero attached hydrogens (tertiary/aromatic N) is 1. The van der Waals surface area contributed by atoms with Crippen molar-refractivity contribution >= 4 is 30.7 Å². The molecule has 2 saturated heterocycles. The van der Waals surface area contributed by atoms with Gasteiger partial charge in [0.15, 0.2) is 0 Å². The van der Waals surface area contributed by atoms with Gasteiger partial charge < -0.3 is 15.5 Å². The van der Waals surface area contributed by atoms with Crippen molar-refractivity contribution in [2.75, 3.05) is 32.7 Å². The molecule has 2 heterocycles. The van der Waals surface area contributed by atoms with Gasteiger partial charge in [0.1, 0.15) is 0 Å². The average Bonchev–Trinajstić information content (AvgIpc) is 2.90. The SMILES string of the molecule is Cl.Cl.O=C(NCCN1CCCC1)C1CCCN1. The van der Waals surface area contributed by atoms with Gasteiger partial charge in [-0.3, -0.25) is 4.79 Å². The van der Waals surface area contributed by atoms with Crippen molar-refractivity contribution in [3.8, 4) is 0 Å². The highest BCUT2D eigenvalue weighted by molar-refractivity contribution is 5.85. The lowest BCUT2D eigenvalue weighted by molar-refractivity contribution is -0.122. The maximum atomic E-state index is 11.6. The smallest absolute Gasteiger partial charge is 0.237 e. The fraction of sp³-hybridized carbons (Fsp3) is 0.909. The predicted molar refractivity (Wildman–Crippen MR) is 74.2 cm³/mol. The molecule has 102 valence electrons. The number of rotatable bonds is 4. The van der Waals surface area contributed by atoms with Gasteiger partial charge in [-0.1, -0.05) is 0 Å². The van der Waals surface area contributed by atoms with Crippen LogP contribution in [0, 0.1) is 0 Å². The van der Waals surface area contributed by atoms with Gasteiger partial charge in [0.05, 0.1) is 6.04 Å². The predicted octanol–water partition coefficient (Wildman–Crippen LogP) is 0.794. The zero-order valence-electron chi connectivity index (χ0n) is 10.1. The molecular weight excluding hydrogens is 261 g/mol. The molecule has 4 nitrogen and oxygen atoms in total. The minimum Gasteiger partial charge on any atom is -0.353 e. The van der Waals surface area contributed by atoms with Crippen molar-refractivity contribution in [2.24, 2.45) is 0 Å². The van der Waals surface area contributed by atoms with E-state index < -0.39 is 0 Å². The molecule has 1 unspecified atom stereocenters. The third-order valence-electron chi connectivity index (χ3n) is 3.30. The fourth-order valence-corrected chi connectivity index (χ4v) is 2.37. The number of carbonyl (C=O) groups excluding carboxylic acids is 1. The van der Waals surface area contributed by atoms with Crippen molar-refractivity contribution in [3.63, 3.8) is 0 Å². The van der Waals surface area contributed by atoms with E-state index in [9.17, 15) is 4.79 Å². The Kier molecular flexibility index (Phi) is 8.96. The fourth-order valence-electron chi connectivity index (χ4n) is 2.37. The lowest BCUT2D eigenvalue weighted by atomic mass is 10.2. The number of amides is 1. The molecule has 0 aliphatic carbocycles. The third-order valence-corrected chi connectivity index (χ3v) is 3.30. The first-order valence-electron chi connectivity index (χ1n) is 6.10. The topological polar surface area (TPSA) is 44.4 Å².